The number of imidazole rings is 1. The Morgan fingerprint density at radius 1 is 1.21 bits per heavy atom. The summed E-state index contributed by atoms with van der Waals surface area (Å²) in [6.45, 7) is 3.79. The van der Waals surface area contributed by atoms with Crippen LogP contribution in [0.3, 0.4) is 0 Å². The van der Waals surface area contributed by atoms with Crippen LogP contribution in [0.2, 0.25) is 0 Å². The van der Waals surface area contributed by atoms with Gasteiger partial charge in [-0.05, 0) is 56.4 Å². The highest BCUT2D eigenvalue weighted by atomic mass is 16.2. The summed E-state index contributed by atoms with van der Waals surface area (Å²) in [5.74, 6) is 1.14. The summed E-state index contributed by atoms with van der Waals surface area (Å²) in [6.07, 6.45) is 4.20. The number of aromatic nitrogens is 4. The lowest BCUT2D eigenvalue weighted by molar-refractivity contribution is 0.0458. The van der Waals surface area contributed by atoms with Crippen molar-refractivity contribution in [3.8, 4) is 0 Å². The first-order chi connectivity index (χ1) is 13.6. The van der Waals surface area contributed by atoms with Crippen LogP contribution in [-0.4, -0.2) is 43.6 Å². The minimum absolute atomic E-state index is 0.0227. The highest BCUT2D eigenvalue weighted by molar-refractivity contribution is 5.97. The first-order valence-corrected chi connectivity index (χ1v) is 9.92. The number of aromatic amines is 1. The number of fused-ring (bicyclic) bond motifs is 2. The number of nitrogens with zero attached hydrogens (tertiary/aromatic N) is 4. The van der Waals surface area contributed by atoms with Crippen molar-refractivity contribution in [2.24, 2.45) is 5.92 Å². The molecule has 2 aromatic heterocycles. The third-order valence-electron chi connectivity index (χ3n) is 5.80. The summed E-state index contributed by atoms with van der Waals surface area (Å²) in [5.41, 5.74) is 4.58. The molecular formula is C21H23N5O2. The second kappa shape index (κ2) is 6.58. The largest absolute Gasteiger partial charge is 0.342 e. The Balaban J connectivity index is 1.25. The number of carbonyl (C=O) groups is 1. The lowest BCUT2D eigenvalue weighted by atomic mass is 9.96. The highest BCUT2D eigenvalue weighted by Gasteiger charge is 2.32. The fourth-order valence-electron chi connectivity index (χ4n) is 4.28. The normalized spacial score (nSPS) is 16.8. The maximum absolute atomic E-state index is 12.7. The first-order valence-electron chi connectivity index (χ1n) is 9.92. The van der Waals surface area contributed by atoms with E-state index in [-0.39, 0.29) is 17.4 Å². The van der Waals surface area contributed by atoms with Gasteiger partial charge < -0.3 is 9.88 Å². The molecule has 1 aliphatic heterocycles. The summed E-state index contributed by atoms with van der Waals surface area (Å²) < 4.78 is 1.59. The van der Waals surface area contributed by atoms with Crippen LogP contribution >= 0.6 is 0 Å². The molecule has 0 unspecified atom stereocenters. The molecule has 1 N–H and O–H groups in total. The zero-order valence-electron chi connectivity index (χ0n) is 15.9. The van der Waals surface area contributed by atoms with Crippen molar-refractivity contribution in [3.05, 3.63) is 57.3 Å². The zero-order chi connectivity index (χ0) is 19.3. The van der Waals surface area contributed by atoms with E-state index in [1.54, 1.807) is 10.7 Å². The zero-order valence-corrected chi connectivity index (χ0v) is 15.9. The molecule has 0 radical (unpaired) electrons. The van der Waals surface area contributed by atoms with Crippen LogP contribution in [0, 0.1) is 12.8 Å². The molecule has 28 heavy (non-hydrogen) atoms. The predicted octanol–water partition coefficient (Wildman–Crippen LogP) is 2.08. The van der Waals surface area contributed by atoms with Crippen molar-refractivity contribution >= 4 is 16.9 Å². The van der Waals surface area contributed by atoms with Gasteiger partial charge in [-0.3, -0.25) is 9.59 Å². The molecule has 5 rings (SSSR count). The summed E-state index contributed by atoms with van der Waals surface area (Å²) in [7, 11) is 0. The van der Waals surface area contributed by atoms with Crippen LogP contribution in [0.1, 0.15) is 40.3 Å². The van der Waals surface area contributed by atoms with Crippen LogP contribution in [0.4, 0.5) is 0 Å². The van der Waals surface area contributed by atoms with E-state index in [1.807, 2.05) is 30.0 Å². The van der Waals surface area contributed by atoms with Gasteiger partial charge in [0.05, 0.1) is 23.3 Å². The average molecular weight is 377 g/mol. The van der Waals surface area contributed by atoms with Gasteiger partial charge in [0.2, 0.25) is 0 Å². The summed E-state index contributed by atoms with van der Waals surface area (Å²) >= 11 is 0. The Bertz CT molecular complexity index is 1120. The number of amides is 1. The molecule has 1 saturated heterocycles. The molecule has 3 heterocycles. The molecule has 1 fully saturated rings. The van der Waals surface area contributed by atoms with Crippen LogP contribution in [-0.2, 0) is 19.4 Å². The SMILES string of the molecule is Cc1nc2ccc(C(=O)N3CC(Cn4nc5c(cc4=O)CCCC5)C3)cc2[nH]1. The Labute approximate surface area is 162 Å². The minimum atomic E-state index is -0.0227. The number of rotatable bonds is 3. The summed E-state index contributed by atoms with van der Waals surface area (Å²) in [4.78, 5) is 34.5. The Kier molecular flexibility index (Phi) is 4.03. The number of hydrogen-bond donors (Lipinski definition) is 1. The van der Waals surface area contributed by atoms with Gasteiger partial charge in [0.15, 0.2) is 0 Å². The molecule has 2 aliphatic rings. The highest BCUT2D eigenvalue weighted by Crippen LogP contribution is 2.22. The molecule has 7 heteroatoms. The molecule has 0 atom stereocenters. The van der Waals surface area contributed by atoms with Crippen LogP contribution < -0.4 is 5.56 Å². The third kappa shape index (κ3) is 3.00. The average Bonchev–Trinajstić information content (AvgIpc) is 3.03. The van der Waals surface area contributed by atoms with Crippen LogP contribution in [0.25, 0.3) is 11.0 Å². The standard InChI is InChI=1S/C21H23N5O2/c1-13-22-18-7-6-16(8-19(18)23-13)21(28)25-10-14(11-25)12-26-20(27)9-15-4-2-3-5-17(15)24-26/h6-9,14H,2-5,10-12H2,1H3,(H,22,23). The quantitative estimate of drug-likeness (QED) is 0.757. The second-order valence-corrected chi connectivity index (χ2v) is 7.97. The van der Waals surface area contributed by atoms with Gasteiger partial charge in [-0.15, -0.1) is 0 Å². The van der Waals surface area contributed by atoms with Gasteiger partial charge in [0, 0.05) is 30.6 Å². The lowest BCUT2D eigenvalue weighted by Gasteiger charge is -2.39. The molecule has 7 nitrogen and oxygen atoms in total. The van der Waals surface area contributed by atoms with Gasteiger partial charge >= 0.3 is 0 Å². The number of benzene rings is 1. The van der Waals surface area contributed by atoms with E-state index < -0.39 is 0 Å². The number of hydrogen-bond acceptors (Lipinski definition) is 4. The molecule has 0 saturated carbocycles. The van der Waals surface area contributed by atoms with Crippen molar-refractivity contribution in [3.63, 3.8) is 0 Å². The predicted molar refractivity (Wildman–Crippen MR) is 105 cm³/mol. The van der Waals surface area contributed by atoms with Crippen molar-refractivity contribution in [1.82, 2.24) is 24.6 Å². The van der Waals surface area contributed by atoms with E-state index in [2.05, 4.69) is 15.1 Å². The van der Waals surface area contributed by atoms with Gasteiger partial charge in [-0.1, -0.05) is 0 Å². The van der Waals surface area contributed by atoms with E-state index in [0.717, 1.165) is 53.8 Å². The molecule has 0 bridgehead atoms. The van der Waals surface area contributed by atoms with Crippen molar-refractivity contribution in [2.75, 3.05) is 13.1 Å². The fourth-order valence-corrected chi connectivity index (χ4v) is 4.28. The van der Waals surface area contributed by atoms with E-state index in [1.165, 1.54) is 0 Å². The fraction of sp³-hybridized carbons (Fsp3) is 0.429. The molecule has 144 valence electrons. The molecule has 0 spiro atoms. The number of aryl methyl sites for hydroxylation is 3. The number of likely N-dealkylation sites (tertiary alicyclic amines) is 1. The Morgan fingerprint density at radius 3 is 2.89 bits per heavy atom. The topological polar surface area (TPSA) is 83.9 Å². The van der Waals surface area contributed by atoms with Crippen molar-refractivity contribution in [1.29, 1.82) is 0 Å². The number of nitrogens with one attached hydrogen (secondary N) is 1. The van der Waals surface area contributed by atoms with E-state index in [0.29, 0.717) is 25.2 Å². The molecule has 3 aromatic rings. The summed E-state index contributed by atoms with van der Waals surface area (Å²) in [5, 5.41) is 4.59. The number of H-pyrrole nitrogens is 1. The van der Waals surface area contributed by atoms with Gasteiger partial charge in [0.25, 0.3) is 11.5 Å². The maximum atomic E-state index is 12.7. The van der Waals surface area contributed by atoms with Crippen LogP contribution in [0.5, 0.6) is 0 Å². The van der Waals surface area contributed by atoms with Crippen molar-refractivity contribution in [2.45, 2.75) is 39.2 Å². The van der Waals surface area contributed by atoms with Gasteiger partial charge in [-0.2, -0.15) is 5.10 Å². The van der Waals surface area contributed by atoms with E-state index in [9.17, 15) is 9.59 Å². The lowest BCUT2D eigenvalue weighted by Crippen LogP contribution is -2.52. The van der Waals surface area contributed by atoms with Gasteiger partial charge in [0.1, 0.15) is 5.82 Å². The van der Waals surface area contributed by atoms with Crippen LogP contribution in [0.15, 0.2) is 29.1 Å². The first kappa shape index (κ1) is 17.2. The molecule has 1 aliphatic carbocycles. The third-order valence-corrected chi connectivity index (χ3v) is 5.80. The smallest absolute Gasteiger partial charge is 0.267 e. The Hall–Kier alpha value is -2.96. The van der Waals surface area contributed by atoms with Crippen molar-refractivity contribution < 1.29 is 4.79 Å². The Morgan fingerprint density at radius 2 is 2.04 bits per heavy atom. The molecular weight excluding hydrogens is 354 g/mol. The molecule has 1 amide bonds. The minimum Gasteiger partial charge on any atom is -0.342 e. The monoisotopic (exact) mass is 377 g/mol. The second-order valence-electron chi connectivity index (χ2n) is 7.97. The molecule has 1 aromatic carbocycles. The van der Waals surface area contributed by atoms with E-state index >= 15 is 0 Å². The van der Waals surface area contributed by atoms with Gasteiger partial charge in [-0.25, -0.2) is 9.67 Å². The maximum Gasteiger partial charge on any atom is 0.267 e. The number of carbonyl (C=O) groups excluding carboxylic acids is 1. The summed E-state index contributed by atoms with van der Waals surface area (Å²) in [6, 6.07) is 7.32. The van der Waals surface area contributed by atoms with E-state index in [4.69, 9.17) is 0 Å².